The second-order valence-corrected chi connectivity index (χ2v) is 5.98. The van der Waals surface area contributed by atoms with Crippen LogP contribution < -0.4 is 15.0 Å². The predicted molar refractivity (Wildman–Crippen MR) is 94.7 cm³/mol. The number of nitrogens with zero attached hydrogens (tertiary/aromatic N) is 2. The third kappa shape index (κ3) is 3.67. The average molecular weight is 325 g/mol. The van der Waals surface area contributed by atoms with E-state index in [1.807, 2.05) is 38.1 Å². The van der Waals surface area contributed by atoms with Crippen molar-refractivity contribution in [1.29, 1.82) is 0 Å². The van der Waals surface area contributed by atoms with Gasteiger partial charge in [-0.05, 0) is 44.5 Å². The largest absolute Gasteiger partial charge is 0.477 e. The van der Waals surface area contributed by atoms with Crippen LogP contribution in [0.25, 0.3) is 0 Å². The summed E-state index contributed by atoms with van der Waals surface area (Å²) >= 11 is 0. The second-order valence-electron chi connectivity index (χ2n) is 5.98. The lowest BCUT2D eigenvalue weighted by Crippen LogP contribution is -2.37. The van der Waals surface area contributed by atoms with Crippen LogP contribution in [0.3, 0.4) is 0 Å². The van der Waals surface area contributed by atoms with Gasteiger partial charge in [-0.2, -0.15) is 0 Å². The first kappa shape index (κ1) is 16.3. The molecule has 1 amide bonds. The van der Waals surface area contributed by atoms with Crippen LogP contribution in [-0.4, -0.2) is 36.6 Å². The fourth-order valence-corrected chi connectivity index (χ4v) is 2.97. The molecular formula is C19H23N3O2. The number of aromatic nitrogens is 1. The molecule has 0 radical (unpaired) electrons. The minimum absolute atomic E-state index is 0.120. The van der Waals surface area contributed by atoms with Crippen molar-refractivity contribution in [2.45, 2.75) is 26.3 Å². The maximum absolute atomic E-state index is 12.6. The highest BCUT2D eigenvalue weighted by Crippen LogP contribution is 2.21. The lowest BCUT2D eigenvalue weighted by Gasteiger charge is -2.19. The molecule has 1 aliphatic heterocycles. The number of hydrogen-bond acceptors (Lipinski definition) is 4. The summed E-state index contributed by atoms with van der Waals surface area (Å²) in [5.41, 5.74) is 2.54. The van der Waals surface area contributed by atoms with Crippen molar-refractivity contribution in [3.63, 3.8) is 0 Å². The lowest BCUT2D eigenvalue weighted by molar-refractivity contribution is 0.0935. The van der Waals surface area contributed by atoms with Crippen LogP contribution in [0, 0.1) is 6.92 Å². The van der Waals surface area contributed by atoms with Gasteiger partial charge in [0.2, 0.25) is 5.88 Å². The summed E-state index contributed by atoms with van der Waals surface area (Å²) in [6.45, 7) is 6.03. The van der Waals surface area contributed by atoms with E-state index in [0.29, 0.717) is 18.1 Å². The van der Waals surface area contributed by atoms with Crippen LogP contribution in [0.2, 0.25) is 0 Å². The quantitative estimate of drug-likeness (QED) is 0.918. The van der Waals surface area contributed by atoms with Crippen molar-refractivity contribution in [3.05, 3.63) is 53.7 Å². The molecule has 1 aromatic carbocycles. The molecular weight excluding hydrogens is 302 g/mol. The summed E-state index contributed by atoms with van der Waals surface area (Å²) in [6, 6.07) is 14.0. The van der Waals surface area contributed by atoms with E-state index in [2.05, 4.69) is 27.3 Å². The summed E-state index contributed by atoms with van der Waals surface area (Å²) in [5, 5.41) is 3.11. The molecule has 0 bridgehead atoms. The minimum atomic E-state index is -0.120. The van der Waals surface area contributed by atoms with E-state index in [9.17, 15) is 4.79 Å². The molecule has 1 aliphatic rings. The van der Waals surface area contributed by atoms with Gasteiger partial charge in [-0.3, -0.25) is 4.79 Å². The van der Waals surface area contributed by atoms with Gasteiger partial charge in [0.25, 0.3) is 5.91 Å². The van der Waals surface area contributed by atoms with Crippen molar-refractivity contribution in [2.24, 2.45) is 0 Å². The van der Waals surface area contributed by atoms with Gasteiger partial charge in [-0.15, -0.1) is 0 Å². The van der Waals surface area contributed by atoms with Crippen molar-refractivity contribution >= 4 is 11.6 Å². The molecule has 126 valence electrons. The molecule has 1 fully saturated rings. The van der Waals surface area contributed by atoms with E-state index >= 15 is 0 Å². The number of aryl methyl sites for hydroxylation is 1. The summed E-state index contributed by atoms with van der Waals surface area (Å²) in [4.78, 5) is 19.2. The molecule has 0 spiro atoms. The van der Waals surface area contributed by atoms with Crippen LogP contribution in [0.4, 0.5) is 5.69 Å². The SMILES string of the molecule is CCOc1nc(C)ccc1C(=O)NC1CCN(c2ccccc2)C1. The van der Waals surface area contributed by atoms with Gasteiger partial charge in [0.05, 0.1) is 6.61 Å². The second kappa shape index (κ2) is 7.34. The molecule has 24 heavy (non-hydrogen) atoms. The third-order valence-electron chi connectivity index (χ3n) is 4.17. The summed E-state index contributed by atoms with van der Waals surface area (Å²) in [7, 11) is 0. The Balaban J connectivity index is 1.66. The molecule has 2 aromatic rings. The number of ether oxygens (including phenoxy) is 1. The molecule has 1 aromatic heterocycles. The molecule has 0 saturated carbocycles. The lowest BCUT2D eigenvalue weighted by atomic mass is 10.2. The van der Waals surface area contributed by atoms with Gasteiger partial charge in [0.1, 0.15) is 5.56 Å². The Morgan fingerprint density at radius 2 is 2.08 bits per heavy atom. The highest BCUT2D eigenvalue weighted by molar-refractivity contribution is 5.96. The number of benzene rings is 1. The standard InChI is InChI=1S/C19H23N3O2/c1-3-24-19-17(10-9-14(2)20-19)18(23)21-15-11-12-22(13-15)16-7-5-4-6-8-16/h4-10,15H,3,11-13H2,1-2H3,(H,21,23). The maximum Gasteiger partial charge on any atom is 0.257 e. The Morgan fingerprint density at radius 3 is 2.83 bits per heavy atom. The number of rotatable bonds is 5. The first-order valence-corrected chi connectivity index (χ1v) is 8.38. The zero-order valence-corrected chi connectivity index (χ0v) is 14.2. The van der Waals surface area contributed by atoms with Gasteiger partial charge < -0.3 is 15.0 Å². The van der Waals surface area contributed by atoms with Crippen LogP contribution in [-0.2, 0) is 0 Å². The van der Waals surface area contributed by atoms with E-state index in [0.717, 1.165) is 25.2 Å². The van der Waals surface area contributed by atoms with E-state index in [1.165, 1.54) is 5.69 Å². The fourth-order valence-electron chi connectivity index (χ4n) is 2.97. The number of hydrogen-bond donors (Lipinski definition) is 1. The van der Waals surface area contributed by atoms with Crippen molar-refractivity contribution in [2.75, 3.05) is 24.6 Å². The van der Waals surface area contributed by atoms with E-state index in [-0.39, 0.29) is 11.9 Å². The highest BCUT2D eigenvalue weighted by Gasteiger charge is 2.25. The summed E-state index contributed by atoms with van der Waals surface area (Å²) in [5.74, 6) is 0.291. The zero-order chi connectivity index (χ0) is 16.9. The molecule has 2 heterocycles. The normalized spacial score (nSPS) is 16.9. The first-order valence-electron chi connectivity index (χ1n) is 8.38. The van der Waals surface area contributed by atoms with Gasteiger partial charge in [0.15, 0.2) is 0 Å². The number of amides is 1. The maximum atomic E-state index is 12.6. The summed E-state index contributed by atoms with van der Waals surface area (Å²) < 4.78 is 5.51. The minimum Gasteiger partial charge on any atom is -0.477 e. The Kier molecular flexibility index (Phi) is 4.99. The number of pyridine rings is 1. The average Bonchev–Trinajstić information content (AvgIpc) is 3.04. The fraction of sp³-hybridized carbons (Fsp3) is 0.368. The molecule has 1 atom stereocenters. The number of carbonyl (C=O) groups is 1. The van der Waals surface area contributed by atoms with Gasteiger partial charge >= 0.3 is 0 Å². The Morgan fingerprint density at radius 1 is 1.29 bits per heavy atom. The molecule has 5 heteroatoms. The van der Waals surface area contributed by atoms with Crippen LogP contribution >= 0.6 is 0 Å². The monoisotopic (exact) mass is 325 g/mol. The van der Waals surface area contributed by atoms with Gasteiger partial charge in [0, 0.05) is 30.5 Å². The molecule has 1 N–H and O–H groups in total. The first-order chi connectivity index (χ1) is 11.7. The topological polar surface area (TPSA) is 54.5 Å². The zero-order valence-electron chi connectivity index (χ0n) is 14.2. The Hall–Kier alpha value is -2.56. The van der Waals surface area contributed by atoms with Crippen LogP contribution in [0.1, 0.15) is 29.4 Å². The van der Waals surface area contributed by atoms with E-state index in [1.54, 1.807) is 6.07 Å². The van der Waals surface area contributed by atoms with E-state index in [4.69, 9.17) is 4.74 Å². The molecule has 3 rings (SSSR count). The number of para-hydroxylation sites is 1. The molecule has 5 nitrogen and oxygen atoms in total. The number of nitrogens with one attached hydrogen (secondary N) is 1. The summed E-state index contributed by atoms with van der Waals surface area (Å²) in [6.07, 6.45) is 0.934. The van der Waals surface area contributed by atoms with Gasteiger partial charge in [-0.1, -0.05) is 18.2 Å². The Bertz CT molecular complexity index is 703. The van der Waals surface area contributed by atoms with Crippen LogP contribution in [0.15, 0.2) is 42.5 Å². The van der Waals surface area contributed by atoms with Crippen LogP contribution in [0.5, 0.6) is 5.88 Å². The molecule has 1 unspecified atom stereocenters. The molecule has 0 aliphatic carbocycles. The van der Waals surface area contributed by atoms with E-state index < -0.39 is 0 Å². The smallest absolute Gasteiger partial charge is 0.257 e. The van der Waals surface area contributed by atoms with Crippen molar-refractivity contribution in [3.8, 4) is 5.88 Å². The third-order valence-corrected chi connectivity index (χ3v) is 4.17. The predicted octanol–water partition coefficient (Wildman–Crippen LogP) is 2.80. The van der Waals surface area contributed by atoms with Crippen molar-refractivity contribution < 1.29 is 9.53 Å². The highest BCUT2D eigenvalue weighted by atomic mass is 16.5. The van der Waals surface area contributed by atoms with Gasteiger partial charge in [-0.25, -0.2) is 4.98 Å². The number of anilines is 1. The molecule has 1 saturated heterocycles. The van der Waals surface area contributed by atoms with Crippen molar-refractivity contribution in [1.82, 2.24) is 10.3 Å². The Labute approximate surface area is 142 Å². The number of carbonyl (C=O) groups excluding carboxylic acids is 1.